The highest BCUT2D eigenvalue weighted by Crippen LogP contribution is 2.32. The van der Waals surface area contributed by atoms with Crippen LogP contribution in [0.1, 0.15) is 11.1 Å². The number of aliphatic hydroxyl groups excluding tert-OH is 1. The Kier molecular flexibility index (Phi) is 5.85. The minimum Gasteiger partial charge on any atom is -0.496 e. The molecule has 0 spiro atoms. The molecule has 0 radical (unpaired) electrons. The summed E-state index contributed by atoms with van der Waals surface area (Å²) in [6.07, 6.45) is 0. The van der Waals surface area contributed by atoms with Gasteiger partial charge >= 0.3 is 0 Å². The maximum absolute atomic E-state index is 8.98. The van der Waals surface area contributed by atoms with Crippen molar-refractivity contribution in [1.29, 1.82) is 0 Å². The van der Waals surface area contributed by atoms with Crippen LogP contribution in [0.5, 0.6) is 11.5 Å². The van der Waals surface area contributed by atoms with E-state index in [2.05, 4.69) is 15.9 Å². The Morgan fingerprint density at radius 3 is 2.29 bits per heavy atom. The van der Waals surface area contributed by atoms with Crippen LogP contribution in [0.2, 0.25) is 0 Å². The minimum atomic E-state index is 0.242. The summed E-state index contributed by atoms with van der Waals surface area (Å²) in [5.41, 5.74) is 2.25. The van der Waals surface area contributed by atoms with Crippen LogP contribution < -0.4 is 9.47 Å². The molecule has 0 bridgehead atoms. The standard InChI is InChI=1S/C16H26N2O3/c1-13-15(20-2)5-4-14(16(13)21-3)12-18-8-6-17(7-9-18)10-11-19/h4-5,19H,6-12H2,1-3H3. The predicted molar refractivity (Wildman–Crippen MR) is 83.1 cm³/mol. The Labute approximate surface area is 127 Å². The summed E-state index contributed by atoms with van der Waals surface area (Å²) in [5, 5.41) is 8.98. The van der Waals surface area contributed by atoms with E-state index in [9.17, 15) is 0 Å². The van der Waals surface area contributed by atoms with Crippen molar-refractivity contribution in [2.45, 2.75) is 13.5 Å². The summed E-state index contributed by atoms with van der Waals surface area (Å²) >= 11 is 0. The molecule has 5 heteroatoms. The van der Waals surface area contributed by atoms with Crippen LogP contribution in [0.15, 0.2) is 12.1 Å². The van der Waals surface area contributed by atoms with Crippen LogP contribution in [-0.2, 0) is 6.54 Å². The number of benzene rings is 1. The van der Waals surface area contributed by atoms with Gasteiger partial charge in [-0.05, 0) is 13.0 Å². The summed E-state index contributed by atoms with van der Waals surface area (Å²) in [6, 6.07) is 4.10. The second kappa shape index (κ2) is 7.64. The van der Waals surface area contributed by atoms with Crippen molar-refractivity contribution in [3.63, 3.8) is 0 Å². The fraction of sp³-hybridized carbons (Fsp3) is 0.625. The summed E-state index contributed by atoms with van der Waals surface area (Å²) in [7, 11) is 3.40. The molecule has 2 rings (SSSR count). The molecule has 1 aromatic rings. The average Bonchev–Trinajstić information content (AvgIpc) is 2.50. The smallest absolute Gasteiger partial charge is 0.129 e. The summed E-state index contributed by atoms with van der Waals surface area (Å²) in [4.78, 5) is 4.73. The third kappa shape index (κ3) is 3.87. The molecule has 1 aliphatic heterocycles. The lowest BCUT2D eigenvalue weighted by Crippen LogP contribution is -2.46. The van der Waals surface area contributed by atoms with Gasteiger partial charge in [0.1, 0.15) is 11.5 Å². The molecule has 21 heavy (non-hydrogen) atoms. The molecule has 1 fully saturated rings. The van der Waals surface area contributed by atoms with Crippen molar-refractivity contribution < 1.29 is 14.6 Å². The number of nitrogens with zero attached hydrogens (tertiary/aromatic N) is 2. The first-order chi connectivity index (χ1) is 10.2. The van der Waals surface area contributed by atoms with Gasteiger partial charge in [0.2, 0.25) is 0 Å². The van der Waals surface area contributed by atoms with E-state index in [4.69, 9.17) is 14.6 Å². The lowest BCUT2D eigenvalue weighted by molar-refractivity contribution is 0.108. The van der Waals surface area contributed by atoms with Gasteiger partial charge in [0.25, 0.3) is 0 Å². The van der Waals surface area contributed by atoms with E-state index in [0.29, 0.717) is 0 Å². The highest BCUT2D eigenvalue weighted by Gasteiger charge is 2.19. The summed E-state index contributed by atoms with van der Waals surface area (Å²) in [6.45, 7) is 8.00. The number of methoxy groups -OCH3 is 2. The van der Waals surface area contributed by atoms with Crippen LogP contribution in [0.25, 0.3) is 0 Å². The van der Waals surface area contributed by atoms with Gasteiger partial charge in [0.15, 0.2) is 0 Å². The van der Waals surface area contributed by atoms with Crippen molar-refractivity contribution in [2.75, 3.05) is 53.6 Å². The second-order valence-corrected chi connectivity index (χ2v) is 5.43. The molecule has 1 heterocycles. The van der Waals surface area contributed by atoms with E-state index in [1.807, 2.05) is 13.0 Å². The highest BCUT2D eigenvalue weighted by atomic mass is 16.5. The number of hydrogen-bond acceptors (Lipinski definition) is 5. The van der Waals surface area contributed by atoms with Gasteiger partial charge in [-0.2, -0.15) is 0 Å². The molecule has 1 aliphatic rings. The fourth-order valence-corrected chi connectivity index (χ4v) is 2.91. The van der Waals surface area contributed by atoms with Crippen LogP contribution in [-0.4, -0.2) is 68.5 Å². The number of rotatable bonds is 6. The first-order valence-corrected chi connectivity index (χ1v) is 7.45. The lowest BCUT2D eigenvalue weighted by atomic mass is 10.1. The van der Waals surface area contributed by atoms with Crippen molar-refractivity contribution in [3.8, 4) is 11.5 Å². The molecular weight excluding hydrogens is 268 g/mol. The minimum absolute atomic E-state index is 0.242. The lowest BCUT2D eigenvalue weighted by Gasteiger charge is -2.34. The second-order valence-electron chi connectivity index (χ2n) is 5.43. The Hall–Kier alpha value is -1.30. The van der Waals surface area contributed by atoms with Crippen molar-refractivity contribution >= 4 is 0 Å². The first-order valence-electron chi connectivity index (χ1n) is 7.45. The van der Waals surface area contributed by atoms with Crippen LogP contribution in [0.3, 0.4) is 0 Å². The molecule has 0 unspecified atom stereocenters. The Morgan fingerprint density at radius 2 is 1.71 bits per heavy atom. The van der Waals surface area contributed by atoms with Crippen LogP contribution in [0, 0.1) is 6.92 Å². The molecule has 0 aromatic heterocycles. The largest absolute Gasteiger partial charge is 0.496 e. The van der Waals surface area contributed by atoms with Gasteiger partial charge in [0, 0.05) is 50.4 Å². The van der Waals surface area contributed by atoms with Gasteiger partial charge in [-0.3, -0.25) is 9.80 Å². The molecule has 5 nitrogen and oxygen atoms in total. The van der Waals surface area contributed by atoms with E-state index in [1.165, 1.54) is 5.56 Å². The summed E-state index contributed by atoms with van der Waals surface area (Å²) in [5.74, 6) is 1.79. The van der Waals surface area contributed by atoms with Gasteiger partial charge in [-0.25, -0.2) is 0 Å². The molecule has 1 saturated heterocycles. The van der Waals surface area contributed by atoms with E-state index in [1.54, 1.807) is 14.2 Å². The van der Waals surface area contributed by atoms with Gasteiger partial charge in [0.05, 0.1) is 20.8 Å². The molecule has 118 valence electrons. The number of β-amino-alcohol motifs (C(OH)–C–C–N with tert-alkyl or cyclic N) is 1. The molecule has 0 aliphatic carbocycles. The average molecular weight is 294 g/mol. The van der Waals surface area contributed by atoms with Gasteiger partial charge in [-0.15, -0.1) is 0 Å². The Morgan fingerprint density at radius 1 is 1.05 bits per heavy atom. The molecule has 1 aromatic carbocycles. The zero-order valence-corrected chi connectivity index (χ0v) is 13.3. The van der Waals surface area contributed by atoms with E-state index < -0.39 is 0 Å². The fourth-order valence-electron chi connectivity index (χ4n) is 2.91. The Bertz CT molecular complexity index is 457. The maximum atomic E-state index is 8.98. The third-order valence-corrected chi connectivity index (χ3v) is 4.14. The number of piperazine rings is 1. The normalized spacial score (nSPS) is 17.0. The molecule has 0 amide bonds. The summed E-state index contributed by atoms with van der Waals surface area (Å²) < 4.78 is 10.9. The zero-order valence-electron chi connectivity index (χ0n) is 13.3. The third-order valence-electron chi connectivity index (χ3n) is 4.14. The number of ether oxygens (including phenoxy) is 2. The molecular formula is C16H26N2O3. The Balaban J connectivity index is 2.02. The van der Waals surface area contributed by atoms with Crippen molar-refractivity contribution in [1.82, 2.24) is 9.80 Å². The van der Waals surface area contributed by atoms with Crippen molar-refractivity contribution in [3.05, 3.63) is 23.3 Å². The maximum Gasteiger partial charge on any atom is 0.129 e. The number of aliphatic hydroxyl groups is 1. The van der Waals surface area contributed by atoms with Gasteiger partial charge < -0.3 is 14.6 Å². The quantitative estimate of drug-likeness (QED) is 0.852. The van der Waals surface area contributed by atoms with Crippen molar-refractivity contribution in [2.24, 2.45) is 0 Å². The van der Waals surface area contributed by atoms with Crippen LogP contribution >= 0.6 is 0 Å². The number of hydrogen-bond donors (Lipinski definition) is 1. The molecule has 1 N–H and O–H groups in total. The topological polar surface area (TPSA) is 45.2 Å². The molecule has 0 atom stereocenters. The van der Waals surface area contributed by atoms with E-state index in [-0.39, 0.29) is 6.61 Å². The van der Waals surface area contributed by atoms with Gasteiger partial charge in [-0.1, -0.05) is 6.07 Å². The monoisotopic (exact) mass is 294 g/mol. The van der Waals surface area contributed by atoms with E-state index in [0.717, 1.165) is 56.3 Å². The van der Waals surface area contributed by atoms with Crippen LogP contribution in [0.4, 0.5) is 0 Å². The predicted octanol–water partition coefficient (Wildman–Crippen LogP) is 1.12. The molecule has 0 saturated carbocycles. The van der Waals surface area contributed by atoms with E-state index >= 15 is 0 Å². The first kappa shape index (κ1) is 16.1. The highest BCUT2D eigenvalue weighted by molar-refractivity contribution is 5.49. The zero-order chi connectivity index (χ0) is 15.2. The SMILES string of the molecule is COc1ccc(CN2CCN(CCO)CC2)c(OC)c1C.